The lowest BCUT2D eigenvalue weighted by atomic mass is 9.87. The van der Waals surface area contributed by atoms with Crippen LogP contribution in [0.4, 0.5) is 0 Å². The number of phenolic OH excluding ortho intramolecular Hbond substituents is 1. The number of benzene rings is 1. The highest BCUT2D eigenvalue weighted by atomic mass is 16.3. The summed E-state index contributed by atoms with van der Waals surface area (Å²) in [5.74, 6) is 0.0729. The van der Waals surface area contributed by atoms with Gasteiger partial charge >= 0.3 is 0 Å². The summed E-state index contributed by atoms with van der Waals surface area (Å²) < 4.78 is 0. The molecule has 2 rings (SSSR count). The van der Waals surface area contributed by atoms with E-state index in [0.29, 0.717) is 24.0 Å². The summed E-state index contributed by atoms with van der Waals surface area (Å²) in [4.78, 5) is 0. The van der Waals surface area contributed by atoms with E-state index in [9.17, 15) is 15.3 Å². The van der Waals surface area contributed by atoms with Gasteiger partial charge in [-0.3, -0.25) is 0 Å². The SMILES string of the molecule is Oc1cccc2c1C(O)CCC2O. The van der Waals surface area contributed by atoms with Crippen molar-refractivity contribution in [1.29, 1.82) is 0 Å². The Balaban J connectivity index is 2.56. The van der Waals surface area contributed by atoms with Crippen LogP contribution in [0.2, 0.25) is 0 Å². The molecule has 1 aliphatic carbocycles. The van der Waals surface area contributed by atoms with Crippen LogP contribution in [0.25, 0.3) is 0 Å². The maximum atomic E-state index is 9.59. The van der Waals surface area contributed by atoms with Gasteiger partial charge in [-0.15, -0.1) is 0 Å². The third kappa shape index (κ3) is 1.30. The zero-order chi connectivity index (χ0) is 9.42. The van der Waals surface area contributed by atoms with E-state index in [0.717, 1.165) is 0 Å². The molecule has 0 bridgehead atoms. The third-order valence-corrected chi connectivity index (χ3v) is 2.52. The standard InChI is InChI=1S/C10H12O3/c11-7-4-5-9(13)10-6(7)2-1-3-8(10)12/h1-3,7,9,11-13H,4-5H2. The van der Waals surface area contributed by atoms with Gasteiger partial charge in [-0.1, -0.05) is 12.1 Å². The molecule has 0 spiro atoms. The Morgan fingerprint density at radius 2 is 1.77 bits per heavy atom. The van der Waals surface area contributed by atoms with Crippen molar-refractivity contribution in [1.82, 2.24) is 0 Å². The quantitative estimate of drug-likeness (QED) is 0.563. The molecule has 0 heterocycles. The van der Waals surface area contributed by atoms with E-state index in [1.54, 1.807) is 12.1 Å². The summed E-state index contributed by atoms with van der Waals surface area (Å²) in [6.07, 6.45) is -0.131. The van der Waals surface area contributed by atoms with Crippen LogP contribution in [-0.2, 0) is 0 Å². The van der Waals surface area contributed by atoms with Gasteiger partial charge in [-0.2, -0.15) is 0 Å². The fourth-order valence-electron chi connectivity index (χ4n) is 1.84. The Hall–Kier alpha value is -1.06. The monoisotopic (exact) mass is 180 g/mol. The van der Waals surface area contributed by atoms with Gasteiger partial charge in [0.2, 0.25) is 0 Å². The van der Waals surface area contributed by atoms with Crippen LogP contribution >= 0.6 is 0 Å². The van der Waals surface area contributed by atoms with Crippen molar-refractivity contribution in [2.24, 2.45) is 0 Å². The van der Waals surface area contributed by atoms with Crippen LogP contribution < -0.4 is 0 Å². The number of aliphatic hydroxyl groups excluding tert-OH is 2. The van der Waals surface area contributed by atoms with E-state index in [1.165, 1.54) is 6.07 Å². The van der Waals surface area contributed by atoms with E-state index < -0.39 is 12.2 Å². The minimum atomic E-state index is -0.639. The first-order chi connectivity index (χ1) is 6.20. The number of fused-ring (bicyclic) bond motifs is 1. The summed E-state index contributed by atoms with van der Waals surface area (Å²) in [7, 11) is 0. The normalized spacial score (nSPS) is 26.9. The second-order valence-corrected chi connectivity index (χ2v) is 3.39. The van der Waals surface area contributed by atoms with Gasteiger partial charge in [0.1, 0.15) is 5.75 Å². The molecule has 2 unspecified atom stereocenters. The van der Waals surface area contributed by atoms with Crippen molar-refractivity contribution in [3.63, 3.8) is 0 Å². The van der Waals surface area contributed by atoms with Crippen LogP contribution in [-0.4, -0.2) is 15.3 Å². The van der Waals surface area contributed by atoms with E-state index in [1.807, 2.05) is 0 Å². The molecule has 13 heavy (non-hydrogen) atoms. The minimum absolute atomic E-state index is 0.0729. The molecule has 0 saturated heterocycles. The van der Waals surface area contributed by atoms with Crippen LogP contribution in [0.3, 0.4) is 0 Å². The molecule has 1 aromatic rings. The molecule has 3 N–H and O–H groups in total. The lowest BCUT2D eigenvalue weighted by molar-refractivity contribution is 0.0887. The van der Waals surface area contributed by atoms with E-state index in [2.05, 4.69) is 0 Å². The van der Waals surface area contributed by atoms with Crippen molar-refractivity contribution in [3.05, 3.63) is 29.3 Å². The number of hydrogen-bond donors (Lipinski definition) is 3. The fourth-order valence-corrected chi connectivity index (χ4v) is 1.84. The lowest BCUT2D eigenvalue weighted by Gasteiger charge is -2.26. The predicted octanol–water partition coefficient (Wildman–Crippen LogP) is 1.25. The Kier molecular flexibility index (Phi) is 1.98. The highest BCUT2D eigenvalue weighted by Crippen LogP contribution is 2.40. The number of hydrogen-bond acceptors (Lipinski definition) is 3. The molecule has 0 fully saturated rings. The topological polar surface area (TPSA) is 60.7 Å². The van der Waals surface area contributed by atoms with Crippen LogP contribution in [0.1, 0.15) is 36.2 Å². The van der Waals surface area contributed by atoms with E-state index in [4.69, 9.17) is 0 Å². The van der Waals surface area contributed by atoms with Crippen molar-refractivity contribution in [2.75, 3.05) is 0 Å². The maximum Gasteiger partial charge on any atom is 0.121 e. The van der Waals surface area contributed by atoms with Crippen molar-refractivity contribution < 1.29 is 15.3 Å². The first-order valence-electron chi connectivity index (χ1n) is 4.38. The van der Waals surface area contributed by atoms with Crippen molar-refractivity contribution in [2.45, 2.75) is 25.0 Å². The number of aromatic hydroxyl groups is 1. The zero-order valence-corrected chi connectivity index (χ0v) is 7.14. The molecular formula is C10H12O3. The van der Waals surface area contributed by atoms with Crippen molar-refractivity contribution >= 4 is 0 Å². The molecule has 0 aliphatic heterocycles. The second-order valence-electron chi connectivity index (χ2n) is 3.39. The average Bonchev–Trinajstić information content (AvgIpc) is 2.12. The highest BCUT2D eigenvalue weighted by molar-refractivity contribution is 5.43. The number of phenols is 1. The molecule has 70 valence electrons. The van der Waals surface area contributed by atoms with Gasteiger partial charge in [0.05, 0.1) is 12.2 Å². The highest BCUT2D eigenvalue weighted by Gasteiger charge is 2.26. The fraction of sp³-hybridized carbons (Fsp3) is 0.400. The summed E-state index contributed by atoms with van der Waals surface area (Å²) in [6.45, 7) is 0. The summed E-state index contributed by atoms with van der Waals surface area (Å²) >= 11 is 0. The predicted molar refractivity (Wildman–Crippen MR) is 47.3 cm³/mol. The molecule has 0 saturated carbocycles. The van der Waals surface area contributed by atoms with Gasteiger partial charge in [0, 0.05) is 5.56 Å². The van der Waals surface area contributed by atoms with Gasteiger partial charge in [0.15, 0.2) is 0 Å². The van der Waals surface area contributed by atoms with Gasteiger partial charge in [0.25, 0.3) is 0 Å². The first-order valence-corrected chi connectivity index (χ1v) is 4.38. The summed E-state index contributed by atoms with van der Waals surface area (Å²) in [6, 6.07) is 4.94. The second kappa shape index (κ2) is 3.01. The molecule has 3 heteroatoms. The Morgan fingerprint density at radius 1 is 1.08 bits per heavy atom. The van der Waals surface area contributed by atoms with E-state index >= 15 is 0 Å². The first kappa shape index (κ1) is 8.53. The number of aliphatic hydroxyl groups is 2. The third-order valence-electron chi connectivity index (χ3n) is 2.52. The molecule has 3 nitrogen and oxygen atoms in total. The molecule has 1 aliphatic rings. The summed E-state index contributed by atoms with van der Waals surface area (Å²) in [5, 5.41) is 28.6. The van der Waals surface area contributed by atoms with E-state index in [-0.39, 0.29) is 5.75 Å². The smallest absolute Gasteiger partial charge is 0.121 e. The van der Waals surface area contributed by atoms with Crippen LogP contribution in [0, 0.1) is 0 Å². The molecule has 0 radical (unpaired) electrons. The number of rotatable bonds is 0. The van der Waals surface area contributed by atoms with Crippen LogP contribution in [0.5, 0.6) is 5.75 Å². The molecule has 1 aromatic carbocycles. The summed E-state index contributed by atoms with van der Waals surface area (Å²) in [5.41, 5.74) is 1.14. The maximum absolute atomic E-state index is 9.59. The lowest BCUT2D eigenvalue weighted by Crippen LogP contribution is -2.13. The zero-order valence-electron chi connectivity index (χ0n) is 7.14. The van der Waals surface area contributed by atoms with Gasteiger partial charge < -0.3 is 15.3 Å². The minimum Gasteiger partial charge on any atom is -0.508 e. The Labute approximate surface area is 76.3 Å². The van der Waals surface area contributed by atoms with Gasteiger partial charge in [-0.05, 0) is 24.5 Å². The Bertz CT molecular complexity index is 322. The molecule has 0 amide bonds. The molecule has 0 aromatic heterocycles. The van der Waals surface area contributed by atoms with Gasteiger partial charge in [-0.25, -0.2) is 0 Å². The van der Waals surface area contributed by atoms with Crippen molar-refractivity contribution in [3.8, 4) is 5.75 Å². The molecule has 2 atom stereocenters. The average molecular weight is 180 g/mol. The Morgan fingerprint density at radius 3 is 2.46 bits per heavy atom. The molecular weight excluding hydrogens is 168 g/mol. The largest absolute Gasteiger partial charge is 0.508 e. The van der Waals surface area contributed by atoms with Crippen LogP contribution in [0.15, 0.2) is 18.2 Å².